The Bertz CT molecular complexity index is 1600. The van der Waals surface area contributed by atoms with Crippen molar-refractivity contribution in [1.29, 1.82) is 0 Å². The Morgan fingerprint density at radius 2 is 1.79 bits per heavy atom. The van der Waals surface area contributed by atoms with Crippen LogP contribution in [0.1, 0.15) is 63.9 Å². The van der Waals surface area contributed by atoms with Gasteiger partial charge in [0, 0.05) is 37.2 Å². The van der Waals surface area contributed by atoms with Gasteiger partial charge in [0.05, 0.1) is 23.8 Å². The number of primary amides is 1. The number of hydrogen-bond donors (Lipinski definition) is 3. The van der Waals surface area contributed by atoms with Gasteiger partial charge >= 0.3 is 0 Å². The molecule has 4 rings (SSSR count). The quantitative estimate of drug-likeness (QED) is 0.211. The van der Waals surface area contributed by atoms with Gasteiger partial charge in [0.1, 0.15) is 11.6 Å². The Morgan fingerprint density at radius 1 is 1.09 bits per heavy atom. The first-order chi connectivity index (χ1) is 22.5. The Morgan fingerprint density at radius 3 is 2.43 bits per heavy atom. The van der Waals surface area contributed by atoms with E-state index in [0.29, 0.717) is 30.1 Å². The van der Waals surface area contributed by atoms with E-state index in [9.17, 15) is 23.5 Å². The van der Waals surface area contributed by atoms with E-state index in [1.807, 2.05) is 38.1 Å². The number of carbonyl (C=O) groups excluding carboxylic acids is 2. The summed E-state index contributed by atoms with van der Waals surface area (Å²) in [5, 5.41) is 27.0. The van der Waals surface area contributed by atoms with Crippen molar-refractivity contribution in [2.24, 2.45) is 17.1 Å². The Balaban J connectivity index is 1.65. The lowest BCUT2D eigenvalue weighted by Crippen LogP contribution is -2.51. The van der Waals surface area contributed by atoms with Crippen molar-refractivity contribution < 1.29 is 23.5 Å². The van der Waals surface area contributed by atoms with E-state index in [-0.39, 0.29) is 37.4 Å². The molecule has 0 aliphatic heterocycles. The lowest BCUT2D eigenvalue weighted by Gasteiger charge is -2.42. The van der Waals surface area contributed by atoms with Crippen LogP contribution in [0.2, 0.25) is 0 Å². The van der Waals surface area contributed by atoms with Crippen molar-refractivity contribution in [3.8, 4) is 5.69 Å². The largest absolute Gasteiger partial charge is 0.391 e. The van der Waals surface area contributed by atoms with E-state index < -0.39 is 35.0 Å². The van der Waals surface area contributed by atoms with Crippen molar-refractivity contribution in [2.75, 3.05) is 19.6 Å². The molecule has 2 amide bonds. The second kappa shape index (κ2) is 16.0. The molecule has 1 aliphatic carbocycles. The zero-order valence-corrected chi connectivity index (χ0v) is 27.5. The normalized spacial score (nSPS) is 17.5. The van der Waals surface area contributed by atoms with Crippen LogP contribution >= 0.6 is 0 Å². The highest BCUT2D eigenvalue weighted by Gasteiger charge is 2.48. The van der Waals surface area contributed by atoms with E-state index in [4.69, 9.17) is 5.73 Å². The number of benzene rings is 2. The molecule has 0 bridgehead atoms. The monoisotopic (exact) mass is 649 g/mol. The van der Waals surface area contributed by atoms with Crippen LogP contribution in [-0.4, -0.2) is 67.8 Å². The Labute approximate surface area is 274 Å². The number of aryl methyl sites for hydroxylation is 1. The van der Waals surface area contributed by atoms with Gasteiger partial charge in [-0.15, -0.1) is 5.10 Å². The van der Waals surface area contributed by atoms with E-state index >= 15 is 0 Å². The van der Waals surface area contributed by atoms with Gasteiger partial charge in [-0.25, -0.2) is 8.78 Å². The average molecular weight is 650 g/mol. The third kappa shape index (κ3) is 8.55. The van der Waals surface area contributed by atoms with Crippen molar-refractivity contribution >= 4 is 11.8 Å². The van der Waals surface area contributed by atoms with Gasteiger partial charge in [-0.3, -0.25) is 9.59 Å². The molecule has 0 fully saturated rings. The van der Waals surface area contributed by atoms with Gasteiger partial charge in [0.15, 0.2) is 5.82 Å². The minimum atomic E-state index is -1.53. The molecule has 1 unspecified atom stereocenters. The number of aliphatic hydroxyl groups is 1. The summed E-state index contributed by atoms with van der Waals surface area (Å²) in [6.45, 7) is 9.05. The van der Waals surface area contributed by atoms with E-state index in [1.54, 1.807) is 28.7 Å². The molecular weight excluding hydrogens is 604 g/mol. The number of amides is 2. The van der Waals surface area contributed by atoms with Crippen LogP contribution in [0, 0.1) is 23.0 Å². The number of hydrogen-bond acceptors (Lipinski definition) is 7. The molecule has 0 radical (unpaired) electrons. The lowest BCUT2D eigenvalue weighted by atomic mass is 9.63. The van der Waals surface area contributed by atoms with Crippen molar-refractivity contribution in [1.82, 2.24) is 30.4 Å². The van der Waals surface area contributed by atoms with Crippen LogP contribution in [0.5, 0.6) is 0 Å². The molecule has 0 spiro atoms. The molecule has 0 saturated carbocycles. The van der Waals surface area contributed by atoms with Crippen LogP contribution in [-0.2, 0) is 29.0 Å². The fraction of sp³-hybridized carbons (Fsp3) is 0.457. The highest BCUT2D eigenvalue weighted by Crippen LogP contribution is 2.44. The molecule has 252 valence electrons. The number of aliphatic hydroxyl groups excluding tert-OH is 1. The summed E-state index contributed by atoms with van der Waals surface area (Å²) >= 11 is 0. The molecule has 3 atom stereocenters. The summed E-state index contributed by atoms with van der Waals surface area (Å²) < 4.78 is 30.3. The van der Waals surface area contributed by atoms with Gasteiger partial charge in [0.25, 0.3) is 0 Å². The van der Waals surface area contributed by atoms with E-state index in [1.165, 1.54) is 12.1 Å². The number of allylic oxidation sites excluding steroid dienone is 2. The van der Waals surface area contributed by atoms with Gasteiger partial charge in [-0.2, -0.15) is 4.68 Å². The summed E-state index contributed by atoms with van der Waals surface area (Å²) in [7, 11) is 0. The molecular formula is C35H45F2N7O3. The molecule has 0 saturated heterocycles. The minimum absolute atomic E-state index is 0.0307. The molecule has 47 heavy (non-hydrogen) atoms. The third-order valence-electron chi connectivity index (χ3n) is 8.62. The number of carbonyl (C=O) groups is 2. The van der Waals surface area contributed by atoms with E-state index in [0.717, 1.165) is 36.6 Å². The molecule has 10 nitrogen and oxygen atoms in total. The number of nitrogens with zero attached hydrogens (tertiary/aromatic N) is 5. The number of nitrogens with two attached hydrogens (primary N) is 1. The Hall–Kier alpha value is -4.29. The third-order valence-corrected chi connectivity index (χ3v) is 8.62. The number of rotatable bonds is 16. The Kier molecular flexibility index (Phi) is 12.1. The molecule has 1 aromatic heterocycles. The molecule has 3 aromatic rings. The zero-order valence-electron chi connectivity index (χ0n) is 27.5. The smallest absolute Gasteiger partial charge is 0.249 e. The van der Waals surface area contributed by atoms with Gasteiger partial charge < -0.3 is 21.1 Å². The van der Waals surface area contributed by atoms with Gasteiger partial charge in [-0.05, 0) is 84.8 Å². The predicted octanol–water partition coefficient (Wildman–Crippen LogP) is 4.21. The van der Waals surface area contributed by atoms with Gasteiger partial charge in [-0.1, -0.05) is 50.6 Å². The van der Waals surface area contributed by atoms with E-state index in [2.05, 4.69) is 27.8 Å². The SMILES string of the molecule is CCCN(CCC)C(=O)C1=CC(C)=CC(C(N)=O)([C@H](Cc2cc(F)cc(F)c2)[C@@H](O)CNCc2nnnn2-c2cccc(CC)c2)C1. The summed E-state index contributed by atoms with van der Waals surface area (Å²) in [5.41, 5.74) is 7.81. The number of aromatic nitrogens is 4. The van der Waals surface area contributed by atoms with Crippen LogP contribution in [0.15, 0.2) is 65.8 Å². The van der Waals surface area contributed by atoms with Crippen molar-refractivity contribution in [3.05, 3.63) is 94.3 Å². The highest BCUT2D eigenvalue weighted by molar-refractivity contribution is 5.97. The summed E-state index contributed by atoms with van der Waals surface area (Å²) in [6, 6.07) is 10.9. The topological polar surface area (TPSA) is 139 Å². The average Bonchev–Trinajstić information content (AvgIpc) is 3.51. The molecule has 1 heterocycles. The molecule has 2 aromatic carbocycles. The maximum absolute atomic E-state index is 14.3. The minimum Gasteiger partial charge on any atom is -0.391 e. The van der Waals surface area contributed by atoms with Crippen molar-refractivity contribution in [2.45, 2.75) is 72.4 Å². The van der Waals surface area contributed by atoms with Crippen LogP contribution < -0.4 is 11.1 Å². The maximum Gasteiger partial charge on any atom is 0.249 e. The standard InChI is InChI=1S/C35H45F2N7O3/c1-5-11-43(12-6-2)33(46)26-13-23(4)19-35(20-26,34(38)47)30(17-25-14-27(36)18-28(37)15-25)31(45)21-39-22-32-40-41-42-44(32)29-10-8-9-24(7-3)16-29/h8-10,13-16,18-19,30-31,39,45H,5-7,11-12,17,20-22H2,1-4H3,(H2,38,47)/t30-,31+,35?/m1/s1. The second-order valence-electron chi connectivity index (χ2n) is 12.2. The summed E-state index contributed by atoms with van der Waals surface area (Å²) in [6.07, 6.45) is 4.43. The fourth-order valence-corrected chi connectivity index (χ4v) is 6.46. The number of halogens is 2. The maximum atomic E-state index is 14.3. The number of nitrogens with one attached hydrogen (secondary N) is 1. The first-order valence-corrected chi connectivity index (χ1v) is 16.2. The van der Waals surface area contributed by atoms with Crippen molar-refractivity contribution in [3.63, 3.8) is 0 Å². The highest BCUT2D eigenvalue weighted by atomic mass is 19.1. The van der Waals surface area contributed by atoms with Crippen LogP contribution in [0.3, 0.4) is 0 Å². The first kappa shape index (κ1) is 35.6. The molecule has 1 aliphatic rings. The number of tetrazole rings is 1. The molecule has 12 heteroatoms. The zero-order chi connectivity index (χ0) is 34.1. The lowest BCUT2D eigenvalue weighted by molar-refractivity contribution is -0.132. The second-order valence-corrected chi connectivity index (χ2v) is 12.2. The summed E-state index contributed by atoms with van der Waals surface area (Å²) in [5.74, 6) is -2.96. The first-order valence-electron chi connectivity index (χ1n) is 16.2. The van der Waals surface area contributed by atoms with Crippen LogP contribution in [0.4, 0.5) is 8.78 Å². The molecule has 4 N–H and O–H groups in total. The van der Waals surface area contributed by atoms with Gasteiger partial charge in [0.2, 0.25) is 11.8 Å². The van der Waals surface area contributed by atoms with Crippen LogP contribution in [0.25, 0.3) is 5.69 Å². The summed E-state index contributed by atoms with van der Waals surface area (Å²) in [4.78, 5) is 29.0. The fourth-order valence-electron chi connectivity index (χ4n) is 6.46. The predicted molar refractivity (Wildman–Crippen MR) is 175 cm³/mol.